The molecule has 1 aliphatic rings. The maximum Gasteiger partial charge on any atom is -0.000664 e. The molecule has 1 heterocycles. The zero-order valence-corrected chi connectivity index (χ0v) is 13.4. The molecule has 0 aromatic heterocycles. The number of hydrogen-bond acceptors (Lipinski definition) is 2. The van der Waals surface area contributed by atoms with Crippen molar-refractivity contribution in [3.8, 4) is 0 Å². The summed E-state index contributed by atoms with van der Waals surface area (Å²) in [6.45, 7) is 11.1. The second-order valence-corrected chi connectivity index (χ2v) is 6.40. The van der Waals surface area contributed by atoms with Gasteiger partial charge in [0.15, 0.2) is 0 Å². The van der Waals surface area contributed by atoms with Crippen LogP contribution >= 0.6 is 0 Å². The molecule has 1 N–H and O–H groups in total. The molecule has 0 aliphatic carbocycles. The Bertz CT molecular complexity index is 186. The van der Waals surface area contributed by atoms with Crippen LogP contribution in [0.3, 0.4) is 0 Å². The number of unbranched alkanes of at least 4 members (excludes halogenated alkanes) is 5. The molecule has 114 valence electrons. The third-order valence-electron chi connectivity index (χ3n) is 4.41. The van der Waals surface area contributed by atoms with Crippen molar-refractivity contribution in [1.82, 2.24) is 10.2 Å². The summed E-state index contributed by atoms with van der Waals surface area (Å²) in [5, 5.41) is 3.60. The number of piperidine rings is 1. The molecule has 19 heavy (non-hydrogen) atoms. The van der Waals surface area contributed by atoms with Gasteiger partial charge in [-0.2, -0.15) is 0 Å². The number of nitrogens with one attached hydrogen (secondary N) is 1. The molecule has 0 amide bonds. The molecule has 2 nitrogen and oxygen atoms in total. The average molecular weight is 268 g/mol. The minimum atomic E-state index is 0.960. The lowest BCUT2D eigenvalue weighted by Gasteiger charge is -2.30. The predicted octanol–water partition coefficient (Wildman–Crippen LogP) is 4.06. The fourth-order valence-electron chi connectivity index (χ4n) is 2.87. The van der Waals surface area contributed by atoms with Gasteiger partial charge in [-0.05, 0) is 64.3 Å². The van der Waals surface area contributed by atoms with E-state index < -0.39 is 0 Å². The fraction of sp³-hybridized carbons (Fsp3) is 1.00. The summed E-state index contributed by atoms with van der Waals surface area (Å²) in [4.78, 5) is 2.65. The van der Waals surface area contributed by atoms with Gasteiger partial charge in [-0.15, -0.1) is 0 Å². The second-order valence-electron chi connectivity index (χ2n) is 6.40. The first-order valence-electron chi connectivity index (χ1n) is 8.76. The van der Waals surface area contributed by atoms with E-state index in [9.17, 15) is 0 Å². The van der Waals surface area contributed by atoms with Gasteiger partial charge >= 0.3 is 0 Å². The standard InChI is InChI=1S/C17H36N2/c1-3-4-5-6-7-8-12-18-13-9-14-19-15-10-17(2)11-16-19/h17-18H,3-16H2,1-2H3. The van der Waals surface area contributed by atoms with Crippen LogP contribution in [0.15, 0.2) is 0 Å². The molecule has 0 spiro atoms. The van der Waals surface area contributed by atoms with E-state index in [1.165, 1.54) is 90.5 Å². The van der Waals surface area contributed by atoms with Crippen molar-refractivity contribution in [1.29, 1.82) is 0 Å². The second kappa shape index (κ2) is 11.7. The summed E-state index contributed by atoms with van der Waals surface area (Å²) in [5.74, 6) is 0.960. The zero-order valence-electron chi connectivity index (χ0n) is 13.4. The van der Waals surface area contributed by atoms with Crippen molar-refractivity contribution in [2.24, 2.45) is 5.92 Å². The summed E-state index contributed by atoms with van der Waals surface area (Å²) >= 11 is 0. The van der Waals surface area contributed by atoms with Crippen molar-refractivity contribution in [2.45, 2.75) is 71.6 Å². The number of hydrogen-bond donors (Lipinski definition) is 1. The number of likely N-dealkylation sites (tertiary alicyclic amines) is 1. The first kappa shape index (κ1) is 17.0. The Kier molecular flexibility index (Phi) is 10.5. The maximum absolute atomic E-state index is 3.60. The topological polar surface area (TPSA) is 15.3 Å². The molecule has 1 fully saturated rings. The Labute approximate surface area is 121 Å². The molecule has 2 heteroatoms. The van der Waals surface area contributed by atoms with Crippen LogP contribution in [0.5, 0.6) is 0 Å². The SMILES string of the molecule is CCCCCCCCNCCCN1CCC(C)CC1. The largest absolute Gasteiger partial charge is 0.317 e. The van der Waals surface area contributed by atoms with E-state index in [4.69, 9.17) is 0 Å². The van der Waals surface area contributed by atoms with E-state index in [-0.39, 0.29) is 0 Å². The maximum atomic E-state index is 3.60. The van der Waals surface area contributed by atoms with Gasteiger partial charge in [0.2, 0.25) is 0 Å². The van der Waals surface area contributed by atoms with Gasteiger partial charge in [0.05, 0.1) is 0 Å². The van der Waals surface area contributed by atoms with Crippen LogP contribution < -0.4 is 5.32 Å². The molecule has 1 rings (SSSR count). The average Bonchev–Trinajstić information content (AvgIpc) is 2.43. The highest BCUT2D eigenvalue weighted by molar-refractivity contribution is 4.69. The molecule has 0 aromatic carbocycles. The number of rotatable bonds is 11. The first-order valence-corrected chi connectivity index (χ1v) is 8.76. The summed E-state index contributed by atoms with van der Waals surface area (Å²) in [7, 11) is 0. The summed E-state index contributed by atoms with van der Waals surface area (Å²) in [5.41, 5.74) is 0. The Morgan fingerprint density at radius 3 is 2.26 bits per heavy atom. The van der Waals surface area contributed by atoms with Crippen LogP contribution in [0.1, 0.15) is 71.6 Å². The molecular formula is C17H36N2. The molecule has 0 saturated carbocycles. The van der Waals surface area contributed by atoms with E-state index in [0.717, 1.165) is 5.92 Å². The van der Waals surface area contributed by atoms with E-state index in [0.29, 0.717) is 0 Å². The lowest BCUT2D eigenvalue weighted by molar-refractivity contribution is 0.190. The summed E-state index contributed by atoms with van der Waals surface area (Å²) < 4.78 is 0. The third kappa shape index (κ3) is 9.45. The van der Waals surface area contributed by atoms with Gasteiger partial charge in [0.1, 0.15) is 0 Å². The van der Waals surface area contributed by atoms with Crippen LogP contribution in [-0.4, -0.2) is 37.6 Å². The van der Waals surface area contributed by atoms with Gasteiger partial charge in [-0.1, -0.05) is 46.0 Å². The van der Waals surface area contributed by atoms with Crippen LogP contribution in [0.25, 0.3) is 0 Å². The van der Waals surface area contributed by atoms with Crippen LogP contribution in [0, 0.1) is 5.92 Å². The Hall–Kier alpha value is -0.0800. The predicted molar refractivity (Wildman–Crippen MR) is 85.7 cm³/mol. The normalized spacial score (nSPS) is 18.0. The minimum absolute atomic E-state index is 0.960. The van der Waals surface area contributed by atoms with Crippen LogP contribution in [0.4, 0.5) is 0 Å². The van der Waals surface area contributed by atoms with Gasteiger partial charge < -0.3 is 10.2 Å². The molecule has 1 aliphatic heterocycles. The van der Waals surface area contributed by atoms with Crippen molar-refractivity contribution >= 4 is 0 Å². The molecule has 0 unspecified atom stereocenters. The molecule has 0 bridgehead atoms. The van der Waals surface area contributed by atoms with Gasteiger partial charge in [-0.25, -0.2) is 0 Å². The fourth-order valence-corrected chi connectivity index (χ4v) is 2.87. The third-order valence-corrected chi connectivity index (χ3v) is 4.41. The Morgan fingerprint density at radius 1 is 0.895 bits per heavy atom. The minimum Gasteiger partial charge on any atom is -0.317 e. The number of nitrogens with zero attached hydrogens (tertiary/aromatic N) is 1. The summed E-state index contributed by atoms with van der Waals surface area (Å²) in [6, 6.07) is 0. The van der Waals surface area contributed by atoms with Gasteiger partial charge in [0, 0.05) is 0 Å². The quantitative estimate of drug-likeness (QED) is 0.569. The van der Waals surface area contributed by atoms with E-state index in [1.807, 2.05) is 0 Å². The van der Waals surface area contributed by atoms with Gasteiger partial charge in [0.25, 0.3) is 0 Å². The highest BCUT2D eigenvalue weighted by atomic mass is 15.1. The monoisotopic (exact) mass is 268 g/mol. The van der Waals surface area contributed by atoms with E-state index in [1.54, 1.807) is 0 Å². The molecule has 1 saturated heterocycles. The van der Waals surface area contributed by atoms with Gasteiger partial charge in [-0.3, -0.25) is 0 Å². The van der Waals surface area contributed by atoms with Crippen molar-refractivity contribution in [3.05, 3.63) is 0 Å². The first-order chi connectivity index (χ1) is 9.33. The summed E-state index contributed by atoms with van der Waals surface area (Å²) in [6.07, 6.45) is 12.6. The van der Waals surface area contributed by atoms with Crippen molar-refractivity contribution < 1.29 is 0 Å². The Morgan fingerprint density at radius 2 is 1.53 bits per heavy atom. The highest BCUT2D eigenvalue weighted by Crippen LogP contribution is 2.15. The van der Waals surface area contributed by atoms with E-state index >= 15 is 0 Å². The van der Waals surface area contributed by atoms with E-state index in [2.05, 4.69) is 24.1 Å². The lowest BCUT2D eigenvalue weighted by Crippen LogP contribution is -2.34. The van der Waals surface area contributed by atoms with Crippen molar-refractivity contribution in [3.63, 3.8) is 0 Å². The molecule has 0 radical (unpaired) electrons. The molecule has 0 aromatic rings. The zero-order chi connectivity index (χ0) is 13.8. The Balaban J connectivity index is 1.76. The van der Waals surface area contributed by atoms with Crippen LogP contribution in [0.2, 0.25) is 0 Å². The molecular weight excluding hydrogens is 232 g/mol. The lowest BCUT2D eigenvalue weighted by atomic mass is 9.99. The smallest absolute Gasteiger partial charge is 0.000664 e. The highest BCUT2D eigenvalue weighted by Gasteiger charge is 2.14. The van der Waals surface area contributed by atoms with Crippen molar-refractivity contribution in [2.75, 3.05) is 32.7 Å². The van der Waals surface area contributed by atoms with Crippen LogP contribution in [-0.2, 0) is 0 Å². The molecule has 0 atom stereocenters.